The van der Waals surface area contributed by atoms with Gasteiger partial charge in [0.2, 0.25) is 0 Å². The summed E-state index contributed by atoms with van der Waals surface area (Å²) in [6.07, 6.45) is 6.02. The van der Waals surface area contributed by atoms with Crippen molar-refractivity contribution in [3.63, 3.8) is 0 Å². The van der Waals surface area contributed by atoms with E-state index < -0.39 is 11.9 Å². The summed E-state index contributed by atoms with van der Waals surface area (Å²) in [5.41, 5.74) is 1.34. The van der Waals surface area contributed by atoms with E-state index in [4.69, 9.17) is 6.42 Å². The van der Waals surface area contributed by atoms with Crippen molar-refractivity contribution in [1.82, 2.24) is 5.32 Å². The number of benzene rings is 1. The second kappa shape index (κ2) is 6.11. The molecule has 104 valence electrons. The van der Waals surface area contributed by atoms with Gasteiger partial charge in [0.25, 0.3) is 0 Å². The molecule has 2 amide bonds. The predicted octanol–water partition coefficient (Wildman–Crippen LogP) is 1.80. The zero-order valence-corrected chi connectivity index (χ0v) is 11.0. The Morgan fingerprint density at radius 1 is 1.45 bits per heavy atom. The molecule has 0 aromatic heterocycles. The zero-order chi connectivity index (χ0) is 14.5. The molecule has 0 fully saturated rings. The molecule has 1 aliphatic heterocycles. The van der Waals surface area contributed by atoms with Crippen LogP contribution in [0, 0.1) is 12.3 Å². The molecule has 0 bridgehead atoms. The fourth-order valence-electron chi connectivity index (χ4n) is 2.37. The molecule has 1 atom stereocenters. The number of carboxylic acids is 1. The minimum absolute atomic E-state index is 0.239. The fraction of sp³-hybridized carbons (Fsp3) is 0.333. The van der Waals surface area contributed by atoms with Crippen LogP contribution in [-0.2, 0) is 4.79 Å². The van der Waals surface area contributed by atoms with Gasteiger partial charge in [0.05, 0.1) is 5.92 Å². The van der Waals surface area contributed by atoms with Crippen LogP contribution in [0.25, 0.3) is 0 Å². The largest absolute Gasteiger partial charge is 0.481 e. The van der Waals surface area contributed by atoms with Gasteiger partial charge >= 0.3 is 12.0 Å². The van der Waals surface area contributed by atoms with Crippen molar-refractivity contribution in [1.29, 1.82) is 0 Å². The maximum absolute atomic E-state index is 12.1. The van der Waals surface area contributed by atoms with E-state index in [1.807, 2.05) is 0 Å². The number of nitrogens with zero attached hydrogens (tertiary/aromatic N) is 1. The van der Waals surface area contributed by atoms with Gasteiger partial charge < -0.3 is 10.4 Å². The Bertz CT molecular complexity index is 562. The molecule has 2 N–H and O–H groups in total. The summed E-state index contributed by atoms with van der Waals surface area (Å²) >= 11 is 0. The Morgan fingerprint density at radius 2 is 2.20 bits per heavy atom. The summed E-state index contributed by atoms with van der Waals surface area (Å²) in [7, 11) is 0. The van der Waals surface area contributed by atoms with Crippen LogP contribution >= 0.6 is 0 Å². The van der Waals surface area contributed by atoms with Crippen LogP contribution in [0.15, 0.2) is 24.3 Å². The van der Waals surface area contributed by atoms with Crippen molar-refractivity contribution in [3.8, 4) is 12.3 Å². The van der Waals surface area contributed by atoms with Gasteiger partial charge in [0, 0.05) is 25.2 Å². The molecular weight excluding hydrogens is 256 g/mol. The highest BCUT2D eigenvalue weighted by atomic mass is 16.4. The normalized spacial score (nSPS) is 16.9. The number of hydrogen-bond donors (Lipinski definition) is 2. The quantitative estimate of drug-likeness (QED) is 0.651. The smallest absolute Gasteiger partial charge is 0.321 e. The molecule has 0 spiro atoms. The molecule has 20 heavy (non-hydrogen) atoms. The number of anilines is 1. The average Bonchev–Trinajstić information content (AvgIpc) is 2.46. The number of para-hydroxylation sites is 1. The number of carbonyl (C=O) groups excluding carboxylic acids is 1. The summed E-state index contributed by atoms with van der Waals surface area (Å²) in [5.74, 6) is 1.04. The molecule has 5 heteroatoms. The number of fused-ring (bicyclic) bond motifs is 1. The van der Waals surface area contributed by atoms with E-state index in [9.17, 15) is 14.7 Å². The van der Waals surface area contributed by atoms with E-state index in [-0.39, 0.29) is 6.03 Å². The Labute approximate surface area is 117 Å². The van der Waals surface area contributed by atoms with E-state index in [2.05, 4.69) is 11.2 Å². The van der Waals surface area contributed by atoms with Gasteiger partial charge in [-0.25, -0.2) is 4.79 Å². The van der Waals surface area contributed by atoms with E-state index in [1.165, 1.54) is 0 Å². The predicted molar refractivity (Wildman–Crippen MR) is 75.6 cm³/mol. The van der Waals surface area contributed by atoms with Gasteiger partial charge in [-0.15, -0.1) is 12.3 Å². The number of rotatable bonds is 3. The van der Waals surface area contributed by atoms with Crippen LogP contribution in [-0.4, -0.2) is 30.2 Å². The standard InChI is InChI=1S/C15H16N2O3/c1-2-3-9-16-15(20)17-10-8-12(14(18)19)11-6-4-5-7-13(11)17/h1,4-7,12H,3,8-10H2,(H,16,20)(H,18,19). The summed E-state index contributed by atoms with van der Waals surface area (Å²) in [6.45, 7) is 0.798. The number of nitrogens with one attached hydrogen (secondary N) is 1. The lowest BCUT2D eigenvalue weighted by atomic mass is 9.90. The van der Waals surface area contributed by atoms with Gasteiger partial charge in [-0.2, -0.15) is 0 Å². The van der Waals surface area contributed by atoms with Crippen LogP contribution in [0.3, 0.4) is 0 Å². The van der Waals surface area contributed by atoms with Crippen molar-refractivity contribution in [2.24, 2.45) is 0 Å². The third-order valence-corrected chi connectivity index (χ3v) is 3.33. The molecule has 0 saturated carbocycles. The molecule has 0 saturated heterocycles. The van der Waals surface area contributed by atoms with Gasteiger partial charge in [-0.3, -0.25) is 9.69 Å². The average molecular weight is 272 g/mol. The third kappa shape index (κ3) is 2.75. The van der Waals surface area contributed by atoms with Crippen LogP contribution < -0.4 is 10.2 Å². The lowest BCUT2D eigenvalue weighted by Crippen LogP contribution is -2.44. The molecule has 1 aromatic carbocycles. The van der Waals surface area contributed by atoms with Gasteiger partial charge in [0.1, 0.15) is 0 Å². The summed E-state index contributed by atoms with van der Waals surface area (Å²) in [5, 5.41) is 12.0. The van der Waals surface area contributed by atoms with E-state index in [1.54, 1.807) is 29.2 Å². The topological polar surface area (TPSA) is 69.6 Å². The zero-order valence-electron chi connectivity index (χ0n) is 11.0. The first kappa shape index (κ1) is 13.9. The first-order valence-corrected chi connectivity index (χ1v) is 6.45. The maximum Gasteiger partial charge on any atom is 0.321 e. The molecule has 1 aliphatic rings. The minimum Gasteiger partial charge on any atom is -0.481 e. The fourth-order valence-corrected chi connectivity index (χ4v) is 2.37. The van der Waals surface area contributed by atoms with Crippen molar-refractivity contribution in [2.75, 3.05) is 18.0 Å². The van der Waals surface area contributed by atoms with Crippen molar-refractivity contribution in [3.05, 3.63) is 29.8 Å². The highest BCUT2D eigenvalue weighted by molar-refractivity contribution is 5.95. The molecule has 5 nitrogen and oxygen atoms in total. The number of urea groups is 1. The van der Waals surface area contributed by atoms with Gasteiger partial charge in [-0.05, 0) is 18.1 Å². The number of carbonyl (C=O) groups is 2. The van der Waals surface area contributed by atoms with Gasteiger partial charge in [0.15, 0.2) is 0 Å². The highest BCUT2D eigenvalue weighted by Gasteiger charge is 2.32. The lowest BCUT2D eigenvalue weighted by Gasteiger charge is -2.32. The third-order valence-electron chi connectivity index (χ3n) is 3.33. The molecule has 1 aromatic rings. The van der Waals surface area contributed by atoms with Crippen LogP contribution in [0.1, 0.15) is 24.3 Å². The number of terminal acetylenes is 1. The van der Waals surface area contributed by atoms with Crippen molar-refractivity contribution in [2.45, 2.75) is 18.8 Å². The summed E-state index contributed by atoms with van der Waals surface area (Å²) in [6, 6.07) is 6.87. The first-order chi connectivity index (χ1) is 9.65. The Morgan fingerprint density at radius 3 is 2.90 bits per heavy atom. The Hall–Kier alpha value is -2.48. The lowest BCUT2D eigenvalue weighted by molar-refractivity contribution is -0.139. The molecular formula is C15H16N2O3. The van der Waals surface area contributed by atoms with Crippen LogP contribution in [0.2, 0.25) is 0 Å². The molecule has 0 radical (unpaired) electrons. The summed E-state index contributed by atoms with van der Waals surface area (Å²) in [4.78, 5) is 24.9. The van der Waals surface area contributed by atoms with E-state index >= 15 is 0 Å². The number of hydrogen-bond acceptors (Lipinski definition) is 2. The van der Waals surface area contributed by atoms with Crippen molar-refractivity contribution < 1.29 is 14.7 Å². The second-order valence-corrected chi connectivity index (χ2v) is 4.58. The molecule has 2 rings (SSSR count). The minimum atomic E-state index is -0.857. The monoisotopic (exact) mass is 272 g/mol. The molecule has 1 heterocycles. The molecule has 0 aliphatic carbocycles. The Kier molecular flexibility index (Phi) is 4.26. The molecule has 1 unspecified atom stereocenters. The SMILES string of the molecule is C#CCCNC(=O)N1CCC(C(=O)O)c2ccccc21. The van der Waals surface area contributed by atoms with E-state index in [0.717, 1.165) is 0 Å². The first-order valence-electron chi connectivity index (χ1n) is 6.45. The summed E-state index contributed by atoms with van der Waals surface area (Å²) < 4.78 is 0. The maximum atomic E-state index is 12.1. The Balaban J connectivity index is 2.21. The van der Waals surface area contributed by atoms with E-state index in [0.29, 0.717) is 37.2 Å². The highest BCUT2D eigenvalue weighted by Crippen LogP contribution is 2.35. The number of amides is 2. The van der Waals surface area contributed by atoms with Gasteiger partial charge in [-0.1, -0.05) is 18.2 Å². The number of aliphatic carboxylic acids is 1. The van der Waals surface area contributed by atoms with Crippen molar-refractivity contribution >= 4 is 17.7 Å². The van der Waals surface area contributed by atoms with Crippen LogP contribution in [0.5, 0.6) is 0 Å². The number of carboxylic acid groups (broad SMARTS) is 1. The van der Waals surface area contributed by atoms with Crippen LogP contribution in [0.4, 0.5) is 10.5 Å². The second-order valence-electron chi connectivity index (χ2n) is 4.58.